The molecule has 3 amide bonds. The Kier molecular flexibility index (Phi) is 8.45. The number of halogens is 2. The monoisotopic (exact) mass is 601 g/mol. The number of carbonyl (C=O) groups is 3. The number of rotatable bonds is 9. The van der Waals surface area contributed by atoms with E-state index in [1.54, 1.807) is 14.0 Å². The van der Waals surface area contributed by atoms with Crippen molar-refractivity contribution in [2.75, 3.05) is 25.6 Å². The van der Waals surface area contributed by atoms with Crippen LogP contribution in [-0.4, -0.2) is 77.1 Å². The standard InChI is InChI=1S/C28H33F2N7O4S/c1-15(42-23(35-31)7-6-16-4-5-16)34-26(39)19-12-33-22(37-14-24(38)36(2)28(8-9-28)27(37)40)11-17(19)18-10-20(25(29)30)32-13-21(18)41-3/h10-13,15-16,20,23,25,32,35H,4-5,8-9,14,31H2,1-3H3,(H,34,39). The number of nitrogens with zero attached hydrogens (tertiary/aromatic N) is 3. The molecule has 1 aromatic rings. The number of piperazine rings is 1. The molecule has 224 valence electrons. The second-order valence-electron chi connectivity index (χ2n) is 10.6. The zero-order valence-electron chi connectivity index (χ0n) is 23.4. The average Bonchev–Trinajstić information content (AvgIpc) is 3.91. The van der Waals surface area contributed by atoms with Gasteiger partial charge in [0.15, 0.2) is 0 Å². The number of aromatic nitrogens is 1. The van der Waals surface area contributed by atoms with E-state index in [9.17, 15) is 23.2 Å². The molecule has 14 heteroatoms. The predicted octanol–water partition coefficient (Wildman–Crippen LogP) is 1.54. The molecule has 0 bridgehead atoms. The van der Waals surface area contributed by atoms with Gasteiger partial charge in [0.05, 0.1) is 18.0 Å². The minimum atomic E-state index is -2.74. The van der Waals surface area contributed by atoms with Gasteiger partial charge in [0.2, 0.25) is 5.91 Å². The topological polar surface area (TPSA) is 142 Å². The number of nitrogens with two attached hydrogens (primary N) is 1. The average molecular weight is 602 g/mol. The second-order valence-corrected chi connectivity index (χ2v) is 12.1. The van der Waals surface area contributed by atoms with Crippen molar-refractivity contribution in [1.82, 2.24) is 25.9 Å². The third kappa shape index (κ3) is 5.95. The Balaban J connectivity index is 1.48. The van der Waals surface area contributed by atoms with Crippen molar-refractivity contribution in [2.24, 2.45) is 11.8 Å². The third-order valence-corrected chi connectivity index (χ3v) is 8.76. The fourth-order valence-electron chi connectivity index (χ4n) is 4.93. The summed E-state index contributed by atoms with van der Waals surface area (Å²) in [6.07, 6.45) is 4.35. The summed E-state index contributed by atoms with van der Waals surface area (Å²) in [7, 11) is 2.99. The Bertz CT molecular complexity index is 1400. The van der Waals surface area contributed by atoms with Crippen LogP contribution in [-0.2, 0) is 14.3 Å². The molecule has 1 aromatic heterocycles. The van der Waals surface area contributed by atoms with E-state index in [1.165, 1.54) is 53.2 Å². The molecule has 3 heterocycles. The Morgan fingerprint density at radius 2 is 2.07 bits per heavy atom. The number of hydrogen-bond acceptors (Lipinski definition) is 9. The fraction of sp³-hybridized carbons (Fsp3) is 0.500. The molecule has 2 saturated carbocycles. The lowest BCUT2D eigenvalue weighted by molar-refractivity contribution is -0.143. The van der Waals surface area contributed by atoms with E-state index >= 15 is 0 Å². The quantitative estimate of drug-likeness (QED) is 0.144. The van der Waals surface area contributed by atoms with E-state index < -0.39 is 34.7 Å². The number of amides is 3. The van der Waals surface area contributed by atoms with Gasteiger partial charge in [-0.3, -0.25) is 25.1 Å². The first-order chi connectivity index (χ1) is 20.1. The Hall–Kier alpha value is -3.67. The summed E-state index contributed by atoms with van der Waals surface area (Å²) in [5, 5.41) is 4.61. The summed E-state index contributed by atoms with van der Waals surface area (Å²) in [5.74, 6) is 11.5. The SMILES string of the molecule is COC1=CNC(C(F)F)C=C1c1cc(N2CC(=O)N(C)C3(CC3)C2=O)ncc1C(=O)NC(C)SC(C#CC1CC1)NN. The van der Waals surface area contributed by atoms with E-state index in [0.29, 0.717) is 18.8 Å². The van der Waals surface area contributed by atoms with Gasteiger partial charge in [0, 0.05) is 36.5 Å². The number of carbonyl (C=O) groups excluding carboxylic acids is 3. The number of pyridine rings is 1. The first-order valence-electron chi connectivity index (χ1n) is 13.6. The van der Waals surface area contributed by atoms with Crippen molar-refractivity contribution >= 4 is 40.9 Å². The maximum absolute atomic E-state index is 13.7. The van der Waals surface area contributed by atoms with Gasteiger partial charge in [-0.25, -0.2) is 19.2 Å². The van der Waals surface area contributed by atoms with Crippen LogP contribution in [0, 0.1) is 17.8 Å². The molecule has 2 aliphatic heterocycles. The number of nitrogens with one attached hydrogen (secondary N) is 3. The van der Waals surface area contributed by atoms with Gasteiger partial charge in [0.1, 0.15) is 35.1 Å². The highest BCUT2D eigenvalue weighted by atomic mass is 32.2. The molecule has 3 unspecified atom stereocenters. The van der Waals surface area contributed by atoms with E-state index in [-0.39, 0.29) is 46.6 Å². The maximum atomic E-state index is 13.7. The van der Waals surface area contributed by atoms with Crippen molar-refractivity contribution in [3.05, 3.63) is 41.4 Å². The fourth-order valence-corrected chi connectivity index (χ4v) is 5.73. The van der Waals surface area contributed by atoms with Crippen LogP contribution in [0.25, 0.3) is 5.57 Å². The minimum Gasteiger partial charge on any atom is -0.495 e. The largest absolute Gasteiger partial charge is 0.495 e. The van der Waals surface area contributed by atoms with Gasteiger partial charge in [-0.1, -0.05) is 11.8 Å². The molecule has 0 aromatic carbocycles. The Morgan fingerprint density at radius 1 is 1.33 bits per heavy atom. The number of methoxy groups -OCH3 is 1. The highest BCUT2D eigenvalue weighted by Crippen LogP contribution is 2.45. The van der Waals surface area contributed by atoms with Crippen molar-refractivity contribution in [3.8, 4) is 11.8 Å². The lowest BCUT2D eigenvalue weighted by Crippen LogP contribution is -2.60. The molecule has 0 radical (unpaired) electrons. The van der Waals surface area contributed by atoms with Crippen molar-refractivity contribution in [3.63, 3.8) is 0 Å². The van der Waals surface area contributed by atoms with Crippen molar-refractivity contribution in [2.45, 2.75) is 61.4 Å². The predicted molar refractivity (Wildman–Crippen MR) is 153 cm³/mol. The highest BCUT2D eigenvalue weighted by molar-refractivity contribution is 8.00. The summed E-state index contributed by atoms with van der Waals surface area (Å²) >= 11 is 1.30. The number of dihydropyridines is 1. The van der Waals surface area contributed by atoms with E-state index in [4.69, 9.17) is 10.6 Å². The van der Waals surface area contributed by atoms with Gasteiger partial charge in [-0.15, -0.1) is 11.8 Å². The van der Waals surface area contributed by atoms with E-state index in [0.717, 1.165) is 12.8 Å². The molecule has 5 N–H and O–H groups in total. The van der Waals surface area contributed by atoms with Gasteiger partial charge in [-0.05, 0) is 44.7 Å². The summed E-state index contributed by atoms with van der Waals surface area (Å²) < 4.78 is 32.9. The zero-order valence-corrected chi connectivity index (χ0v) is 24.3. The molecule has 3 fully saturated rings. The van der Waals surface area contributed by atoms with Crippen LogP contribution < -0.4 is 26.8 Å². The summed E-state index contributed by atoms with van der Waals surface area (Å²) in [5.41, 5.74) is 2.25. The molecule has 42 heavy (non-hydrogen) atoms. The second kappa shape index (κ2) is 11.9. The molecule has 1 saturated heterocycles. The third-order valence-electron chi connectivity index (χ3n) is 7.71. The molecular weight excluding hydrogens is 568 g/mol. The van der Waals surface area contributed by atoms with Crippen LogP contribution in [0.1, 0.15) is 48.5 Å². The Morgan fingerprint density at radius 3 is 2.69 bits per heavy atom. The first kappa shape index (κ1) is 29.8. The van der Waals surface area contributed by atoms with Crippen molar-refractivity contribution in [1.29, 1.82) is 0 Å². The van der Waals surface area contributed by atoms with Crippen LogP contribution in [0.3, 0.4) is 0 Å². The number of anilines is 1. The van der Waals surface area contributed by atoms with E-state index in [2.05, 4.69) is 32.9 Å². The summed E-state index contributed by atoms with van der Waals surface area (Å²) in [4.78, 5) is 46.9. The van der Waals surface area contributed by atoms with Gasteiger partial charge < -0.3 is 20.3 Å². The van der Waals surface area contributed by atoms with Crippen molar-refractivity contribution < 1.29 is 27.9 Å². The number of hydrogen-bond donors (Lipinski definition) is 4. The smallest absolute Gasteiger partial charge is 0.261 e. The molecular formula is C28H33F2N7O4S. The minimum absolute atomic E-state index is 0.0747. The van der Waals surface area contributed by atoms with Gasteiger partial charge >= 0.3 is 0 Å². The zero-order chi connectivity index (χ0) is 30.2. The van der Waals surface area contributed by atoms with Crippen LogP contribution in [0.15, 0.2) is 30.3 Å². The molecule has 2 aliphatic carbocycles. The number of thioether (sulfide) groups is 1. The lowest BCUT2D eigenvalue weighted by Gasteiger charge is -2.38. The number of alkyl halides is 2. The van der Waals surface area contributed by atoms with Gasteiger partial charge in [-0.2, -0.15) is 0 Å². The molecule has 1 spiro atoms. The molecule has 11 nitrogen and oxygen atoms in total. The molecule has 5 rings (SSSR count). The van der Waals surface area contributed by atoms with Crippen LogP contribution >= 0.6 is 11.8 Å². The van der Waals surface area contributed by atoms with E-state index in [1.807, 2.05) is 0 Å². The number of likely N-dealkylation sites (N-methyl/N-ethyl adjacent to an activating group) is 1. The molecule has 4 aliphatic rings. The van der Waals surface area contributed by atoms with Crippen LogP contribution in [0.5, 0.6) is 0 Å². The highest BCUT2D eigenvalue weighted by Gasteiger charge is 2.60. The normalized spacial score (nSPS) is 22.5. The van der Waals surface area contributed by atoms with Gasteiger partial charge in [0.25, 0.3) is 18.2 Å². The van der Waals surface area contributed by atoms with Crippen LogP contribution in [0.2, 0.25) is 0 Å². The van der Waals surface area contributed by atoms with Crippen LogP contribution in [0.4, 0.5) is 14.6 Å². The molecule has 3 atom stereocenters. The lowest BCUT2D eigenvalue weighted by atomic mass is 9.95. The summed E-state index contributed by atoms with van der Waals surface area (Å²) in [6, 6.07) is 0.126. The first-order valence-corrected chi connectivity index (χ1v) is 14.6. The maximum Gasteiger partial charge on any atom is 0.261 e. The number of hydrazine groups is 1. The number of ether oxygens (including phenoxy) is 1. The number of allylic oxidation sites excluding steroid dienone is 1. The Labute approximate surface area is 246 Å². The summed E-state index contributed by atoms with van der Waals surface area (Å²) in [6.45, 7) is 1.54.